The van der Waals surface area contributed by atoms with Gasteiger partial charge in [-0.3, -0.25) is 4.98 Å². The van der Waals surface area contributed by atoms with E-state index < -0.39 is 9.84 Å². The number of sulfone groups is 1. The van der Waals surface area contributed by atoms with Crippen LogP contribution in [-0.4, -0.2) is 33.8 Å². The van der Waals surface area contributed by atoms with E-state index in [1.54, 1.807) is 36.0 Å². The minimum Gasteiger partial charge on any atom is -0.356 e. The summed E-state index contributed by atoms with van der Waals surface area (Å²) in [6.45, 7) is 2.20. The van der Waals surface area contributed by atoms with Crippen molar-refractivity contribution < 1.29 is 8.42 Å². The Morgan fingerprint density at radius 1 is 1.19 bits per heavy atom. The molecule has 0 unspecified atom stereocenters. The summed E-state index contributed by atoms with van der Waals surface area (Å²) in [5.74, 6) is 0.102. The molecule has 1 N–H and O–H groups in total. The molecular weight excluding hydrogens is 382 g/mol. The zero-order valence-corrected chi connectivity index (χ0v) is 16.2. The summed E-state index contributed by atoms with van der Waals surface area (Å²) in [5, 5.41) is 8.49. The molecule has 138 valence electrons. The molecule has 0 aliphatic heterocycles. The number of nitrogens with one attached hydrogen (secondary N) is 1. The van der Waals surface area contributed by atoms with Gasteiger partial charge >= 0.3 is 0 Å². The molecule has 9 heteroatoms. The molecule has 0 fully saturated rings. The summed E-state index contributed by atoms with van der Waals surface area (Å²) >= 11 is 1.46. The van der Waals surface area contributed by atoms with Gasteiger partial charge in [-0.25, -0.2) is 17.9 Å². The van der Waals surface area contributed by atoms with Crippen LogP contribution < -0.4 is 5.32 Å². The normalized spacial score (nSPS) is 11.7. The number of hydrogen-bond donors (Lipinski definition) is 1. The summed E-state index contributed by atoms with van der Waals surface area (Å²) in [5.41, 5.74) is 2.77. The van der Waals surface area contributed by atoms with Crippen LogP contribution in [0.25, 0.3) is 16.2 Å². The van der Waals surface area contributed by atoms with Crippen LogP contribution in [0.1, 0.15) is 12.5 Å². The first-order chi connectivity index (χ1) is 13.0. The van der Waals surface area contributed by atoms with Gasteiger partial charge in [0.05, 0.1) is 22.5 Å². The lowest BCUT2D eigenvalue weighted by atomic mass is 10.2. The van der Waals surface area contributed by atoms with Crippen molar-refractivity contribution in [2.75, 3.05) is 11.1 Å². The second-order valence-corrected chi connectivity index (χ2v) is 9.14. The molecule has 4 aromatic rings. The average molecular weight is 400 g/mol. The van der Waals surface area contributed by atoms with Gasteiger partial charge in [0.15, 0.2) is 9.84 Å². The third-order valence-electron chi connectivity index (χ3n) is 4.11. The average Bonchev–Trinajstić information content (AvgIpc) is 3.26. The number of rotatable bonds is 6. The van der Waals surface area contributed by atoms with E-state index in [0.29, 0.717) is 11.4 Å². The molecule has 0 saturated carbocycles. The van der Waals surface area contributed by atoms with Gasteiger partial charge in [0, 0.05) is 24.5 Å². The second-order valence-electron chi connectivity index (χ2n) is 5.90. The lowest BCUT2D eigenvalue weighted by molar-refractivity contribution is 0.597. The number of anilines is 1. The van der Waals surface area contributed by atoms with Crippen LogP contribution >= 0.6 is 11.3 Å². The molecule has 3 aromatic heterocycles. The molecule has 0 bridgehead atoms. The Hall–Kier alpha value is -2.78. The van der Waals surface area contributed by atoms with E-state index >= 15 is 0 Å². The number of fused-ring (bicyclic) bond motifs is 1. The Labute approximate surface area is 160 Å². The van der Waals surface area contributed by atoms with Gasteiger partial charge in [-0.1, -0.05) is 30.4 Å². The van der Waals surface area contributed by atoms with Crippen LogP contribution in [0.5, 0.6) is 0 Å². The fourth-order valence-corrected chi connectivity index (χ4v) is 4.25. The van der Waals surface area contributed by atoms with Gasteiger partial charge in [-0.05, 0) is 29.8 Å². The van der Waals surface area contributed by atoms with Crippen molar-refractivity contribution >= 4 is 31.3 Å². The summed E-state index contributed by atoms with van der Waals surface area (Å²) < 4.78 is 25.4. The van der Waals surface area contributed by atoms with Crippen molar-refractivity contribution in [3.05, 3.63) is 60.6 Å². The van der Waals surface area contributed by atoms with Gasteiger partial charge in [0.2, 0.25) is 10.1 Å². The van der Waals surface area contributed by atoms with Crippen LogP contribution in [0.3, 0.4) is 0 Å². The maximum absolute atomic E-state index is 11.9. The molecule has 0 aliphatic rings. The predicted molar refractivity (Wildman–Crippen MR) is 106 cm³/mol. The monoisotopic (exact) mass is 399 g/mol. The maximum atomic E-state index is 11.9. The molecule has 0 saturated heterocycles. The van der Waals surface area contributed by atoms with E-state index in [-0.39, 0.29) is 5.75 Å². The molecule has 27 heavy (non-hydrogen) atoms. The Morgan fingerprint density at radius 2 is 2.00 bits per heavy atom. The first-order valence-electron chi connectivity index (χ1n) is 8.37. The largest absolute Gasteiger partial charge is 0.356 e. The first-order valence-corrected chi connectivity index (χ1v) is 10.8. The third kappa shape index (κ3) is 3.69. The summed E-state index contributed by atoms with van der Waals surface area (Å²) in [7, 11) is -3.17. The molecule has 3 heterocycles. The summed E-state index contributed by atoms with van der Waals surface area (Å²) in [6, 6.07) is 10.8. The fourth-order valence-electron chi connectivity index (χ4n) is 2.58. The fraction of sp³-hybridized carbons (Fsp3) is 0.167. The van der Waals surface area contributed by atoms with E-state index in [1.807, 2.05) is 30.5 Å². The Kier molecular flexibility index (Phi) is 4.63. The van der Waals surface area contributed by atoms with Crippen LogP contribution in [0.2, 0.25) is 0 Å². The molecular formula is C18H17N5O2S2. The molecule has 0 atom stereocenters. The van der Waals surface area contributed by atoms with Crippen molar-refractivity contribution in [3.63, 3.8) is 0 Å². The van der Waals surface area contributed by atoms with Gasteiger partial charge in [0.25, 0.3) is 0 Å². The Balaban J connectivity index is 1.46. The van der Waals surface area contributed by atoms with E-state index in [1.165, 1.54) is 11.3 Å². The van der Waals surface area contributed by atoms with Crippen LogP contribution in [0.15, 0.2) is 59.9 Å². The highest BCUT2D eigenvalue weighted by Crippen LogP contribution is 2.24. The number of pyridine rings is 1. The Morgan fingerprint density at radius 3 is 2.67 bits per heavy atom. The first kappa shape index (κ1) is 17.6. The topological polar surface area (TPSA) is 89.2 Å². The minimum atomic E-state index is -3.17. The zero-order chi connectivity index (χ0) is 18.9. The number of benzene rings is 1. The van der Waals surface area contributed by atoms with Crippen molar-refractivity contribution in [1.82, 2.24) is 19.6 Å². The molecule has 0 spiro atoms. The van der Waals surface area contributed by atoms with E-state index in [0.717, 1.165) is 26.9 Å². The van der Waals surface area contributed by atoms with Gasteiger partial charge in [0.1, 0.15) is 0 Å². The van der Waals surface area contributed by atoms with E-state index in [2.05, 4.69) is 20.4 Å². The predicted octanol–water partition coefficient (Wildman–Crippen LogP) is 3.26. The minimum absolute atomic E-state index is 0.102. The molecule has 1 aromatic carbocycles. The molecule has 0 radical (unpaired) electrons. The molecule has 0 amide bonds. The third-order valence-corrected chi connectivity index (χ3v) is 6.74. The quantitative estimate of drug-likeness (QED) is 0.535. The molecule has 0 aliphatic carbocycles. The maximum Gasteiger partial charge on any atom is 0.214 e. The zero-order valence-electron chi connectivity index (χ0n) is 14.5. The number of imidazole rings is 1. The summed E-state index contributed by atoms with van der Waals surface area (Å²) in [6.07, 6.45) is 5.37. The van der Waals surface area contributed by atoms with Crippen molar-refractivity contribution in [3.8, 4) is 11.3 Å². The van der Waals surface area contributed by atoms with Gasteiger partial charge in [-0.15, -0.1) is 5.10 Å². The highest BCUT2D eigenvalue weighted by Gasteiger charge is 2.12. The number of aromatic nitrogens is 4. The van der Waals surface area contributed by atoms with Crippen molar-refractivity contribution in [2.45, 2.75) is 18.4 Å². The highest BCUT2D eigenvalue weighted by molar-refractivity contribution is 7.91. The Bertz CT molecular complexity index is 1130. The van der Waals surface area contributed by atoms with Gasteiger partial charge < -0.3 is 5.32 Å². The molecule has 4 rings (SSSR count). The van der Waals surface area contributed by atoms with Crippen LogP contribution in [0, 0.1) is 0 Å². The van der Waals surface area contributed by atoms with Crippen molar-refractivity contribution in [1.29, 1.82) is 0 Å². The smallest absolute Gasteiger partial charge is 0.214 e. The number of hydrogen-bond acceptors (Lipinski definition) is 7. The second kappa shape index (κ2) is 7.09. The van der Waals surface area contributed by atoms with Gasteiger partial charge in [-0.2, -0.15) is 0 Å². The van der Waals surface area contributed by atoms with E-state index in [4.69, 9.17) is 0 Å². The summed E-state index contributed by atoms with van der Waals surface area (Å²) in [4.78, 5) is 9.83. The van der Waals surface area contributed by atoms with Crippen LogP contribution in [0.4, 0.5) is 5.13 Å². The highest BCUT2D eigenvalue weighted by atomic mass is 32.2. The lowest BCUT2D eigenvalue weighted by Crippen LogP contribution is -2.04. The lowest BCUT2D eigenvalue weighted by Gasteiger charge is -2.05. The van der Waals surface area contributed by atoms with E-state index in [9.17, 15) is 8.42 Å². The van der Waals surface area contributed by atoms with Crippen molar-refractivity contribution in [2.24, 2.45) is 0 Å². The number of nitrogens with zero attached hydrogens (tertiary/aromatic N) is 4. The SMILES string of the molecule is CCS(=O)(=O)c1ccc(CNc2nn3cc(-c4cccnc4)nc3s2)cc1. The standard InChI is InChI=1S/C18H17N5O2S2/c1-2-27(24,25)15-7-5-13(6-8-15)10-20-17-22-23-12-16(21-18(23)26-17)14-4-3-9-19-11-14/h3-9,11-12H,2,10H2,1H3,(H,20,22). The van der Waals surface area contributed by atoms with Crippen LogP contribution in [-0.2, 0) is 16.4 Å². The molecule has 7 nitrogen and oxygen atoms in total.